The third-order valence-electron chi connectivity index (χ3n) is 3.92. The van der Waals surface area contributed by atoms with Crippen molar-refractivity contribution in [3.8, 4) is 0 Å². The van der Waals surface area contributed by atoms with E-state index in [0.29, 0.717) is 24.5 Å². The number of aromatic amines is 1. The molecule has 2 aromatic rings. The first-order chi connectivity index (χ1) is 13.2. The van der Waals surface area contributed by atoms with Crippen LogP contribution in [-0.2, 0) is 16.4 Å². The highest BCUT2D eigenvalue weighted by Crippen LogP contribution is 2.09. The minimum absolute atomic E-state index is 0.0552. The van der Waals surface area contributed by atoms with E-state index in [1.807, 2.05) is 20.8 Å². The summed E-state index contributed by atoms with van der Waals surface area (Å²) in [4.78, 5) is 30.3. The number of nitrogens with one attached hydrogen (secondary N) is 3. The monoisotopic (exact) mass is 406 g/mol. The van der Waals surface area contributed by atoms with Gasteiger partial charge in [0.1, 0.15) is 5.69 Å². The molecule has 0 atom stereocenters. The van der Waals surface area contributed by atoms with Crippen molar-refractivity contribution in [3.05, 3.63) is 57.8 Å². The fraction of sp³-hybridized carbons (Fsp3) is 0.421. The molecule has 0 radical (unpaired) electrons. The van der Waals surface area contributed by atoms with Crippen molar-refractivity contribution in [1.29, 1.82) is 0 Å². The second-order valence-corrected chi connectivity index (χ2v) is 8.78. The highest BCUT2D eigenvalue weighted by atomic mass is 32.2. The summed E-state index contributed by atoms with van der Waals surface area (Å²) in [5.41, 5.74) is 1.13. The van der Waals surface area contributed by atoms with E-state index in [4.69, 9.17) is 0 Å². The Balaban J connectivity index is 1.83. The largest absolute Gasteiger partial charge is 0.351 e. The van der Waals surface area contributed by atoms with E-state index in [9.17, 15) is 18.0 Å². The molecule has 0 aliphatic heterocycles. The second-order valence-electron chi connectivity index (χ2n) is 7.02. The van der Waals surface area contributed by atoms with Crippen LogP contribution in [0.2, 0.25) is 0 Å². The van der Waals surface area contributed by atoms with Crippen molar-refractivity contribution >= 4 is 15.9 Å². The lowest BCUT2D eigenvalue weighted by atomic mass is 10.1. The third-order valence-corrected chi connectivity index (χ3v) is 5.40. The van der Waals surface area contributed by atoms with Gasteiger partial charge in [0.2, 0.25) is 10.0 Å². The molecule has 3 N–H and O–H groups in total. The lowest BCUT2D eigenvalue weighted by Gasteiger charge is -2.09. The molecule has 0 aliphatic rings. The summed E-state index contributed by atoms with van der Waals surface area (Å²) in [5.74, 6) is -0.131. The highest BCUT2D eigenvalue weighted by molar-refractivity contribution is 7.89. The van der Waals surface area contributed by atoms with E-state index >= 15 is 0 Å². The normalized spacial score (nSPS) is 11.6. The van der Waals surface area contributed by atoms with E-state index < -0.39 is 21.6 Å². The Morgan fingerprint density at radius 3 is 2.50 bits per heavy atom. The van der Waals surface area contributed by atoms with Crippen molar-refractivity contribution in [1.82, 2.24) is 20.0 Å². The number of aryl methyl sites for hydroxylation is 1. The average Bonchev–Trinajstić information content (AvgIpc) is 2.60. The molecular formula is C19H26N4O4S. The van der Waals surface area contributed by atoms with Gasteiger partial charge in [0.15, 0.2) is 0 Å². The molecule has 0 aliphatic carbocycles. The van der Waals surface area contributed by atoms with Gasteiger partial charge < -0.3 is 10.3 Å². The summed E-state index contributed by atoms with van der Waals surface area (Å²) in [6.45, 7) is 6.33. The lowest BCUT2D eigenvalue weighted by molar-refractivity contribution is 0.0947. The number of hydrogen-bond acceptors (Lipinski definition) is 5. The van der Waals surface area contributed by atoms with Crippen LogP contribution in [0, 0.1) is 12.8 Å². The molecule has 28 heavy (non-hydrogen) atoms. The van der Waals surface area contributed by atoms with Gasteiger partial charge in [-0.1, -0.05) is 31.5 Å². The first-order valence-corrected chi connectivity index (χ1v) is 10.6. The Bertz CT molecular complexity index is 966. The lowest BCUT2D eigenvalue weighted by Crippen LogP contribution is -2.31. The number of carbonyl (C=O) groups excluding carboxylic acids is 1. The Morgan fingerprint density at radius 2 is 1.86 bits per heavy atom. The highest BCUT2D eigenvalue weighted by Gasteiger charge is 2.13. The molecule has 8 nitrogen and oxygen atoms in total. The van der Waals surface area contributed by atoms with Crippen LogP contribution in [0.25, 0.3) is 0 Å². The van der Waals surface area contributed by atoms with E-state index in [2.05, 4.69) is 20.0 Å². The van der Waals surface area contributed by atoms with Gasteiger partial charge in [-0.2, -0.15) is 4.98 Å². The number of H-pyrrole nitrogens is 1. The van der Waals surface area contributed by atoms with E-state index in [-0.39, 0.29) is 23.7 Å². The molecule has 1 heterocycles. The van der Waals surface area contributed by atoms with E-state index in [1.165, 1.54) is 0 Å². The van der Waals surface area contributed by atoms with Crippen LogP contribution >= 0.6 is 0 Å². The number of amides is 1. The van der Waals surface area contributed by atoms with Crippen LogP contribution in [0.4, 0.5) is 0 Å². The topological polar surface area (TPSA) is 121 Å². The first-order valence-electron chi connectivity index (χ1n) is 9.12. The average molecular weight is 407 g/mol. The zero-order chi connectivity index (χ0) is 20.7. The SMILES string of the molecule is Cc1ccc(S(=O)(=O)NCCCNC(=O)c2cc(CC(C)C)[nH]c(=O)n2)cc1. The van der Waals surface area contributed by atoms with Crippen LogP contribution in [0.15, 0.2) is 40.0 Å². The summed E-state index contributed by atoms with van der Waals surface area (Å²) < 4.78 is 26.9. The van der Waals surface area contributed by atoms with Gasteiger partial charge >= 0.3 is 5.69 Å². The molecule has 2 rings (SSSR count). The molecule has 1 aromatic carbocycles. The molecule has 1 aromatic heterocycles. The Hall–Kier alpha value is -2.52. The summed E-state index contributed by atoms with van der Waals surface area (Å²) in [7, 11) is -3.57. The molecule has 0 saturated carbocycles. The molecule has 152 valence electrons. The van der Waals surface area contributed by atoms with Gasteiger partial charge in [-0.3, -0.25) is 4.79 Å². The van der Waals surface area contributed by atoms with Crippen LogP contribution in [0.5, 0.6) is 0 Å². The first kappa shape index (κ1) is 21.8. The standard InChI is InChI=1S/C19H26N4O4S/c1-13(2)11-15-12-17(23-19(25)22-15)18(24)20-9-4-10-21-28(26,27)16-7-5-14(3)6-8-16/h5-8,12-13,21H,4,9-11H2,1-3H3,(H,20,24)(H,22,23,25). The predicted octanol–water partition coefficient (Wildman–Crippen LogP) is 1.38. The number of carbonyl (C=O) groups is 1. The Morgan fingerprint density at radius 1 is 1.18 bits per heavy atom. The van der Waals surface area contributed by atoms with Crippen LogP contribution in [0.3, 0.4) is 0 Å². The molecule has 9 heteroatoms. The van der Waals surface area contributed by atoms with Gasteiger partial charge in [-0.25, -0.2) is 17.9 Å². The van der Waals surface area contributed by atoms with Gasteiger partial charge in [0, 0.05) is 18.8 Å². The van der Waals surface area contributed by atoms with Crippen molar-refractivity contribution in [2.45, 2.75) is 38.5 Å². The van der Waals surface area contributed by atoms with Gasteiger partial charge in [0.25, 0.3) is 5.91 Å². The van der Waals surface area contributed by atoms with Crippen molar-refractivity contribution in [2.24, 2.45) is 5.92 Å². The maximum absolute atomic E-state index is 12.2. The summed E-state index contributed by atoms with van der Waals surface area (Å²) in [6.07, 6.45) is 1.04. The Labute approximate surface area is 164 Å². The van der Waals surface area contributed by atoms with E-state index in [0.717, 1.165) is 5.56 Å². The number of sulfonamides is 1. The number of rotatable bonds is 9. The third kappa shape index (κ3) is 6.58. The molecular weight excluding hydrogens is 380 g/mol. The molecule has 0 unspecified atom stereocenters. The quantitative estimate of drug-likeness (QED) is 0.543. The van der Waals surface area contributed by atoms with E-state index in [1.54, 1.807) is 30.3 Å². The van der Waals surface area contributed by atoms with Crippen LogP contribution in [0.1, 0.15) is 42.0 Å². The summed E-state index contributed by atoms with van der Waals surface area (Å²) in [6, 6.07) is 8.13. The zero-order valence-corrected chi connectivity index (χ0v) is 17.1. The second kappa shape index (κ2) is 9.61. The van der Waals surface area contributed by atoms with Gasteiger partial charge in [-0.15, -0.1) is 0 Å². The maximum Gasteiger partial charge on any atom is 0.345 e. The molecule has 1 amide bonds. The minimum Gasteiger partial charge on any atom is -0.351 e. The van der Waals surface area contributed by atoms with Gasteiger partial charge in [0.05, 0.1) is 4.90 Å². The van der Waals surface area contributed by atoms with Crippen molar-refractivity contribution < 1.29 is 13.2 Å². The maximum atomic E-state index is 12.2. The van der Waals surface area contributed by atoms with Crippen molar-refractivity contribution in [2.75, 3.05) is 13.1 Å². The van der Waals surface area contributed by atoms with Crippen molar-refractivity contribution in [3.63, 3.8) is 0 Å². The fourth-order valence-corrected chi connectivity index (χ4v) is 3.64. The summed E-state index contributed by atoms with van der Waals surface area (Å²) in [5, 5.41) is 2.65. The zero-order valence-electron chi connectivity index (χ0n) is 16.3. The fourth-order valence-electron chi connectivity index (χ4n) is 2.56. The predicted molar refractivity (Wildman–Crippen MR) is 107 cm³/mol. The molecule has 0 spiro atoms. The van der Waals surface area contributed by atoms with Crippen LogP contribution in [-0.4, -0.2) is 37.4 Å². The molecule has 0 saturated heterocycles. The summed E-state index contributed by atoms with van der Waals surface area (Å²) >= 11 is 0. The minimum atomic E-state index is -3.57. The smallest absolute Gasteiger partial charge is 0.345 e. The number of benzene rings is 1. The molecule has 0 fully saturated rings. The van der Waals surface area contributed by atoms with Gasteiger partial charge in [-0.05, 0) is 43.9 Å². The molecule has 0 bridgehead atoms. The number of aromatic nitrogens is 2. The number of nitrogens with zero attached hydrogens (tertiary/aromatic N) is 1. The number of hydrogen-bond donors (Lipinski definition) is 3. The Kier molecular flexibility index (Phi) is 7.47. The van der Waals surface area contributed by atoms with Crippen LogP contribution < -0.4 is 15.7 Å².